The Hall–Kier alpha value is -0.650. The van der Waals surface area contributed by atoms with Crippen LogP contribution in [0.25, 0.3) is 0 Å². The minimum Gasteiger partial charge on any atom is -0.324 e. The summed E-state index contributed by atoms with van der Waals surface area (Å²) in [5.41, 5.74) is 0.750. The van der Waals surface area contributed by atoms with Crippen molar-refractivity contribution >= 4 is 43.5 Å². The highest BCUT2D eigenvalue weighted by atomic mass is 79.9. The summed E-state index contributed by atoms with van der Waals surface area (Å²) in [6, 6.07) is 5.61. The molecule has 0 unspecified atom stereocenters. The summed E-state index contributed by atoms with van der Waals surface area (Å²) in [7, 11) is 0. The summed E-state index contributed by atoms with van der Waals surface area (Å²) in [6.07, 6.45) is 1.71. The van der Waals surface area contributed by atoms with Crippen LogP contribution in [-0.4, -0.2) is 19.0 Å². The summed E-state index contributed by atoms with van der Waals surface area (Å²) in [6.45, 7) is 4.45. The van der Waals surface area contributed by atoms with Crippen LogP contribution in [0.2, 0.25) is 0 Å². The van der Waals surface area contributed by atoms with Crippen molar-refractivity contribution in [1.29, 1.82) is 0 Å². The second-order valence-electron chi connectivity index (χ2n) is 3.09. The SMILES string of the molecule is C=CCNCC(=O)Nc1cc(Br)ccc1Br. The minimum atomic E-state index is -0.0827. The van der Waals surface area contributed by atoms with Gasteiger partial charge in [-0.1, -0.05) is 22.0 Å². The Morgan fingerprint density at radius 3 is 2.88 bits per heavy atom. The molecule has 0 heterocycles. The van der Waals surface area contributed by atoms with E-state index in [2.05, 4.69) is 49.1 Å². The Morgan fingerprint density at radius 2 is 2.19 bits per heavy atom. The number of amides is 1. The number of hydrogen-bond donors (Lipinski definition) is 2. The zero-order valence-corrected chi connectivity index (χ0v) is 11.8. The van der Waals surface area contributed by atoms with Gasteiger partial charge >= 0.3 is 0 Å². The van der Waals surface area contributed by atoms with Gasteiger partial charge in [-0.2, -0.15) is 0 Å². The van der Waals surface area contributed by atoms with Crippen LogP contribution in [0.1, 0.15) is 0 Å². The Kier molecular flexibility index (Phi) is 5.73. The number of halogens is 2. The maximum Gasteiger partial charge on any atom is 0.238 e. The topological polar surface area (TPSA) is 41.1 Å². The van der Waals surface area contributed by atoms with Crippen LogP contribution in [-0.2, 0) is 4.79 Å². The average molecular weight is 348 g/mol. The van der Waals surface area contributed by atoms with Crippen LogP contribution in [0.3, 0.4) is 0 Å². The summed E-state index contributed by atoms with van der Waals surface area (Å²) in [5.74, 6) is -0.0827. The van der Waals surface area contributed by atoms with Crippen LogP contribution >= 0.6 is 31.9 Å². The van der Waals surface area contributed by atoms with E-state index in [4.69, 9.17) is 0 Å². The zero-order valence-electron chi connectivity index (χ0n) is 8.59. The normalized spacial score (nSPS) is 9.88. The van der Waals surface area contributed by atoms with E-state index >= 15 is 0 Å². The molecular weight excluding hydrogens is 336 g/mol. The molecule has 0 aromatic heterocycles. The van der Waals surface area contributed by atoms with E-state index in [1.807, 2.05) is 18.2 Å². The first kappa shape index (κ1) is 13.4. The van der Waals surface area contributed by atoms with E-state index < -0.39 is 0 Å². The second kappa shape index (κ2) is 6.83. The lowest BCUT2D eigenvalue weighted by atomic mass is 10.3. The van der Waals surface area contributed by atoms with Crippen molar-refractivity contribution in [2.75, 3.05) is 18.4 Å². The molecule has 0 fully saturated rings. The van der Waals surface area contributed by atoms with Gasteiger partial charge in [-0.05, 0) is 34.1 Å². The van der Waals surface area contributed by atoms with E-state index in [0.717, 1.165) is 14.6 Å². The van der Waals surface area contributed by atoms with Crippen LogP contribution in [0.4, 0.5) is 5.69 Å². The highest BCUT2D eigenvalue weighted by molar-refractivity contribution is 9.11. The van der Waals surface area contributed by atoms with Gasteiger partial charge in [-0.15, -0.1) is 6.58 Å². The van der Waals surface area contributed by atoms with Crippen molar-refractivity contribution in [3.8, 4) is 0 Å². The highest BCUT2D eigenvalue weighted by Gasteiger charge is 2.05. The lowest BCUT2D eigenvalue weighted by molar-refractivity contribution is -0.115. The molecule has 0 aliphatic rings. The summed E-state index contributed by atoms with van der Waals surface area (Å²) in [5, 5.41) is 5.73. The van der Waals surface area contributed by atoms with Crippen molar-refractivity contribution in [1.82, 2.24) is 5.32 Å². The standard InChI is InChI=1S/C11H12Br2N2O/c1-2-5-14-7-11(16)15-10-6-8(12)3-4-9(10)13/h2-4,6,14H,1,5,7H2,(H,15,16). The number of anilines is 1. The van der Waals surface area contributed by atoms with E-state index in [9.17, 15) is 4.79 Å². The molecule has 1 rings (SSSR count). The highest BCUT2D eigenvalue weighted by Crippen LogP contribution is 2.25. The first-order valence-corrected chi connectivity index (χ1v) is 6.28. The molecule has 0 radical (unpaired) electrons. The van der Waals surface area contributed by atoms with Crippen molar-refractivity contribution in [3.63, 3.8) is 0 Å². The predicted molar refractivity (Wildman–Crippen MR) is 73.5 cm³/mol. The van der Waals surface area contributed by atoms with E-state index in [0.29, 0.717) is 6.54 Å². The zero-order chi connectivity index (χ0) is 12.0. The van der Waals surface area contributed by atoms with Gasteiger partial charge in [0, 0.05) is 15.5 Å². The van der Waals surface area contributed by atoms with Crippen LogP contribution in [0, 0.1) is 0 Å². The molecule has 1 amide bonds. The van der Waals surface area contributed by atoms with E-state index in [1.54, 1.807) is 6.08 Å². The fraction of sp³-hybridized carbons (Fsp3) is 0.182. The van der Waals surface area contributed by atoms with Gasteiger partial charge in [-0.3, -0.25) is 4.79 Å². The first-order valence-electron chi connectivity index (χ1n) is 4.70. The molecular formula is C11H12Br2N2O. The fourth-order valence-corrected chi connectivity index (χ4v) is 1.78. The molecule has 0 saturated carbocycles. The number of hydrogen-bond acceptors (Lipinski definition) is 2. The van der Waals surface area contributed by atoms with E-state index in [1.165, 1.54) is 0 Å². The molecule has 86 valence electrons. The minimum absolute atomic E-state index is 0.0827. The fourth-order valence-electron chi connectivity index (χ4n) is 1.08. The van der Waals surface area contributed by atoms with E-state index in [-0.39, 0.29) is 12.5 Å². The van der Waals surface area contributed by atoms with Crippen molar-refractivity contribution in [2.24, 2.45) is 0 Å². The molecule has 0 atom stereocenters. The lowest BCUT2D eigenvalue weighted by Crippen LogP contribution is -2.28. The largest absolute Gasteiger partial charge is 0.324 e. The van der Waals surface area contributed by atoms with Gasteiger partial charge in [0.1, 0.15) is 0 Å². The van der Waals surface area contributed by atoms with Gasteiger partial charge < -0.3 is 10.6 Å². The number of benzene rings is 1. The van der Waals surface area contributed by atoms with Crippen LogP contribution < -0.4 is 10.6 Å². The Labute approximate surface area is 112 Å². The molecule has 5 heteroatoms. The molecule has 2 N–H and O–H groups in total. The number of carbonyl (C=O) groups excluding carboxylic acids is 1. The lowest BCUT2D eigenvalue weighted by Gasteiger charge is -2.08. The van der Waals surface area contributed by atoms with Gasteiger partial charge in [-0.25, -0.2) is 0 Å². The van der Waals surface area contributed by atoms with Crippen molar-refractivity contribution in [3.05, 3.63) is 39.8 Å². The molecule has 0 bridgehead atoms. The molecule has 3 nitrogen and oxygen atoms in total. The maximum absolute atomic E-state index is 11.5. The van der Waals surface area contributed by atoms with Crippen LogP contribution in [0.15, 0.2) is 39.8 Å². The quantitative estimate of drug-likeness (QED) is 0.635. The molecule has 0 saturated heterocycles. The third-order valence-corrected chi connectivity index (χ3v) is 2.96. The molecule has 16 heavy (non-hydrogen) atoms. The monoisotopic (exact) mass is 346 g/mol. The van der Waals surface area contributed by atoms with Crippen molar-refractivity contribution in [2.45, 2.75) is 0 Å². The average Bonchev–Trinajstić information content (AvgIpc) is 2.24. The number of rotatable bonds is 5. The second-order valence-corrected chi connectivity index (χ2v) is 4.86. The van der Waals surface area contributed by atoms with Gasteiger partial charge in [0.2, 0.25) is 5.91 Å². The smallest absolute Gasteiger partial charge is 0.238 e. The summed E-state index contributed by atoms with van der Waals surface area (Å²) >= 11 is 6.72. The Morgan fingerprint density at radius 1 is 1.44 bits per heavy atom. The van der Waals surface area contributed by atoms with Crippen LogP contribution in [0.5, 0.6) is 0 Å². The predicted octanol–water partition coefficient (Wildman–Crippen LogP) is 2.93. The number of carbonyl (C=O) groups is 1. The van der Waals surface area contributed by atoms with Gasteiger partial charge in [0.05, 0.1) is 12.2 Å². The third-order valence-electron chi connectivity index (χ3n) is 1.78. The third kappa shape index (κ3) is 4.47. The molecule has 0 aliphatic heterocycles. The summed E-state index contributed by atoms with van der Waals surface area (Å²) in [4.78, 5) is 11.5. The van der Waals surface area contributed by atoms with Gasteiger partial charge in [0.15, 0.2) is 0 Å². The first-order chi connectivity index (χ1) is 7.63. The molecule has 1 aromatic carbocycles. The maximum atomic E-state index is 11.5. The number of nitrogens with one attached hydrogen (secondary N) is 2. The molecule has 1 aromatic rings. The Balaban J connectivity index is 2.55. The Bertz CT molecular complexity index is 394. The molecule has 0 spiro atoms. The molecule has 0 aliphatic carbocycles. The van der Waals surface area contributed by atoms with Gasteiger partial charge in [0.25, 0.3) is 0 Å². The van der Waals surface area contributed by atoms with Crippen molar-refractivity contribution < 1.29 is 4.79 Å². The summed E-state index contributed by atoms with van der Waals surface area (Å²) < 4.78 is 1.78.